The van der Waals surface area contributed by atoms with E-state index in [4.69, 9.17) is 10.8 Å². The van der Waals surface area contributed by atoms with Gasteiger partial charge < -0.3 is 10.8 Å². The Morgan fingerprint density at radius 2 is 2.00 bits per heavy atom. The van der Waals surface area contributed by atoms with Gasteiger partial charge in [-0.25, -0.2) is 8.78 Å². The molecule has 0 saturated heterocycles. The SMILES string of the molecule is CC(O)CCN(CCN)CC(F)F. The largest absolute Gasteiger partial charge is 0.393 e. The molecule has 0 radical (unpaired) electrons. The lowest BCUT2D eigenvalue weighted by molar-refractivity contribution is 0.0791. The van der Waals surface area contributed by atoms with E-state index in [9.17, 15) is 8.78 Å². The summed E-state index contributed by atoms with van der Waals surface area (Å²) in [7, 11) is 0. The van der Waals surface area contributed by atoms with Crippen molar-refractivity contribution in [2.75, 3.05) is 26.2 Å². The van der Waals surface area contributed by atoms with Crippen LogP contribution in [0, 0.1) is 0 Å². The predicted molar refractivity (Wildman–Crippen MR) is 47.8 cm³/mol. The summed E-state index contributed by atoms with van der Waals surface area (Å²) in [4.78, 5) is 1.57. The predicted octanol–water partition coefficient (Wildman–Crippen LogP) is 0.283. The van der Waals surface area contributed by atoms with Crippen LogP contribution in [-0.2, 0) is 0 Å². The van der Waals surface area contributed by atoms with Crippen LogP contribution in [0.4, 0.5) is 8.78 Å². The van der Waals surface area contributed by atoms with E-state index in [1.807, 2.05) is 0 Å². The highest BCUT2D eigenvalue weighted by Crippen LogP contribution is 2.00. The van der Waals surface area contributed by atoms with Crippen LogP contribution in [0.5, 0.6) is 0 Å². The maximum atomic E-state index is 12.0. The number of nitrogens with zero attached hydrogens (tertiary/aromatic N) is 1. The van der Waals surface area contributed by atoms with Crippen LogP contribution in [-0.4, -0.2) is 48.7 Å². The Morgan fingerprint density at radius 1 is 1.38 bits per heavy atom. The fourth-order valence-electron chi connectivity index (χ4n) is 1.04. The molecule has 0 fully saturated rings. The highest BCUT2D eigenvalue weighted by Gasteiger charge is 2.11. The second-order valence-corrected chi connectivity index (χ2v) is 3.12. The number of aliphatic hydroxyl groups is 1. The van der Waals surface area contributed by atoms with Gasteiger partial charge in [-0.05, 0) is 13.3 Å². The van der Waals surface area contributed by atoms with Gasteiger partial charge in [0.15, 0.2) is 0 Å². The van der Waals surface area contributed by atoms with Crippen molar-refractivity contribution in [3.05, 3.63) is 0 Å². The van der Waals surface area contributed by atoms with Crippen LogP contribution >= 0.6 is 0 Å². The normalized spacial score (nSPS) is 14.1. The topological polar surface area (TPSA) is 49.5 Å². The fourth-order valence-corrected chi connectivity index (χ4v) is 1.04. The number of hydrogen-bond acceptors (Lipinski definition) is 3. The molecule has 0 aromatic carbocycles. The maximum absolute atomic E-state index is 12.0. The second-order valence-electron chi connectivity index (χ2n) is 3.12. The summed E-state index contributed by atoms with van der Waals surface area (Å²) in [5.74, 6) is 0. The third kappa shape index (κ3) is 8.08. The Morgan fingerprint density at radius 3 is 2.38 bits per heavy atom. The summed E-state index contributed by atoms with van der Waals surface area (Å²) in [6, 6.07) is 0. The number of rotatable bonds is 7. The second kappa shape index (κ2) is 7.17. The van der Waals surface area contributed by atoms with Gasteiger partial charge in [0.05, 0.1) is 12.6 Å². The molecule has 80 valence electrons. The molecule has 0 heterocycles. The number of nitrogens with two attached hydrogens (primary N) is 1. The van der Waals surface area contributed by atoms with E-state index < -0.39 is 12.5 Å². The van der Waals surface area contributed by atoms with E-state index in [2.05, 4.69) is 0 Å². The monoisotopic (exact) mass is 196 g/mol. The minimum atomic E-state index is -2.33. The number of aliphatic hydroxyl groups excluding tert-OH is 1. The van der Waals surface area contributed by atoms with Crippen molar-refractivity contribution in [2.24, 2.45) is 5.73 Å². The molecule has 3 N–H and O–H groups in total. The van der Waals surface area contributed by atoms with Crippen molar-refractivity contribution in [1.82, 2.24) is 4.90 Å². The minimum Gasteiger partial charge on any atom is -0.393 e. The molecular formula is C8H18F2N2O. The van der Waals surface area contributed by atoms with E-state index in [1.54, 1.807) is 11.8 Å². The molecule has 0 aromatic rings. The van der Waals surface area contributed by atoms with E-state index in [1.165, 1.54) is 0 Å². The van der Waals surface area contributed by atoms with Gasteiger partial charge in [0.1, 0.15) is 0 Å². The number of halogens is 2. The number of hydrogen-bond donors (Lipinski definition) is 2. The van der Waals surface area contributed by atoms with E-state index in [0.717, 1.165) is 0 Å². The maximum Gasteiger partial charge on any atom is 0.251 e. The molecule has 0 saturated carbocycles. The molecule has 0 aliphatic carbocycles. The van der Waals surface area contributed by atoms with Gasteiger partial charge in [0.2, 0.25) is 0 Å². The van der Waals surface area contributed by atoms with Crippen LogP contribution in [0.15, 0.2) is 0 Å². The average molecular weight is 196 g/mol. The molecule has 5 heteroatoms. The Hall–Kier alpha value is -0.260. The summed E-state index contributed by atoms with van der Waals surface area (Å²) in [5.41, 5.74) is 5.26. The molecule has 0 aliphatic rings. The molecule has 1 unspecified atom stereocenters. The third-order valence-electron chi connectivity index (χ3n) is 1.70. The Bertz CT molecular complexity index is 123. The van der Waals surface area contributed by atoms with Gasteiger partial charge in [-0.3, -0.25) is 4.90 Å². The molecule has 13 heavy (non-hydrogen) atoms. The average Bonchev–Trinajstić information content (AvgIpc) is 1.99. The fraction of sp³-hybridized carbons (Fsp3) is 1.00. The van der Waals surface area contributed by atoms with Crippen LogP contribution in [0.1, 0.15) is 13.3 Å². The summed E-state index contributed by atoms with van der Waals surface area (Å²) in [5, 5.41) is 8.96. The summed E-state index contributed by atoms with van der Waals surface area (Å²) in [6.07, 6.45) is -2.27. The zero-order valence-corrected chi connectivity index (χ0v) is 7.92. The molecule has 0 amide bonds. The van der Waals surface area contributed by atoms with Crippen molar-refractivity contribution in [3.8, 4) is 0 Å². The highest BCUT2D eigenvalue weighted by molar-refractivity contribution is 4.61. The summed E-state index contributed by atoms with van der Waals surface area (Å²) >= 11 is 0. The van der Waals surface area contributed by atoms with Crippen molar-refractivity contribution in [3.63, 3.8) is 0 Å². The molecule has 0 aromatic heterocycles. The first-order valence-electron chi connectivity index (χ1n) is 4.45. The molecule has 0 aliphatic heterocycles. The zero-order valence-electron chi connectivity index (χ0n) is 7.92. The first-order chi connectivity index (χ1) is 6.06. The molecule has 0 spiro atoms. The van der Waals surface area contributed by atoms with Crippen LogP contribution in [0.2, 0.25) is 0 Å². The van der Waals surface area contributed by atoms with Gasteiger partial charge in [-0.1, -0.05) is 0 Å². The smallest absolute Gasteiger partial charge is 0.251 e. The lowest BCUT2D eigenvalue weighted by Crippen LogP contribution is -2.35. The first-order valence-corrected chi connectivity index (χ1v) is 4.45. The van der Waals surface area contributed by atoms with Gasteiger partial charge in [0.25, 0.3) is 6.43 Å². The third-order valence-corrected chi connectivity index (χ3v) is 1.70. The van der Waals surface area contributed by atoms with Crippen molar-refractivity contribution in [2.45, 2.75) is 25.9 Å². The van der Waals surface area contributed by atoms with Crippen molar-refractivity contribution in [1.29, 1.82) is 0 Å². The van der Waals surface area contributed by atoms with Gasteiger partial charge in [0, 0.05) is 19.6 Å². The summed E-state index contributed by atoms with van der Waals surface area (Å²) in [6.45, 7) is 2.68. The van der Waals surface area contributed by atoms with Gasteiger partial charge in [-0.2, -0.15) is 0 Å². The Balaban J connectivity index is 3.66. The van der Waals surface area contributed by atoms with E-state index >= 15 is 0 Å². The molecule has 0 rings (SSSR count). The van der Waals surface area contributed by atoms with Crippen LogP contribution in [0.25, 0.3) is 0 Å². The van der Waals surface area contributed by atoms with Crippen molar-refractivity contribution >= 4 is 0 Å². The minimum absolute atomic E-state index is 0.260. The van der Waals surface area contributed by atoms with Crippen LogP contribution < -0.4 is 5.73 Å². The molecule has 1 atom stereocenters. The molecule has 0 bridgehead atoms. The van der Waals surface area contributed by atoms with Crippen LogP contribution in [0.3, 0.4) is 0 Å². The standard InChI is InChI=1S/C8H18F2N2O/c1-7(13)2-4-12(5-3-11)6-8(9)10/h7-8,13H,2-6,11H2,1H3. The van der Waals surface area contributed by atoms with E-state index in [0.29, 0.717) is 26.1 Å². The number of alkyl halides is 2. The molecular weight excluding hydrogens is 178 g/mol. The van der Waals surface area contributed by atoms with Crippen molar-refractivity contribution < 1.29 is 13.9 Å². The lowest BCUT2D eigenvalue weighted by atomic mass is 10.2. The lowest BCUT2D eigenvalue weighted by Gasteiger charge is -2.21. The Labute approximate surface area is 77.5 Å². The zero-order chi connectivity index (χ0) is 10.3. The van der Waals surface area contributed by atoms with Gasteiger partial charge in [-0.15, -0.1) is 0 Å². The highest BCUT2D eigenvalue weighted by atomic mass is 19.3. The van der Waals surface area contributed by atoms with Gasteiger partial charge >= 0.3 is 0 Å². The van der Waals surface area contributed by atoms with E-state index in [-0.39, 0.29) is 6.54 Å². The summed E-state index contributed by atoms with van der Waals surface area (Å²) < 4.78 is 24.0. The quantitative estimate of drug-likeness (QED) is 0.615. The first kappa shape index (κ1) is 12.7. The Kier molecular flexibility index (Phi) is 7.03. The molecule has 3 nitrogen and oxygen atoms in total.